The molecule has 0 saturated carbocycles. The fourth-order valence-electron chi connectivity index (χ4n) is 2.76. The Bertz CT molecular complexity index is 581. The third-order valence-corrected chi connectivity index (χ3v) is 4.53. The lowest BCUT2D eigenvalue weighted by Gasteiger charge is -2.13. The summed E-state index contributed by atoms with van der Waals surface area (Å²) in [7, 11) is 0. The van der Waals surface area contributed by atoms with Gasteiger partial charge in [0.25, 0.3) is 5.09 Å². The lowest BCUT2D eigenvalue weighted by atomic mass is 9.97. The summed E-state index contributed by atoms with van der Waals surface area (Å²) in [4.78, 5) is 14.2. The van der Waals surface area contributed by atoms with Crippen LogP contribution in [0.2, 0.25) is 0 Å². The number of allylic oxidation sites excluding steroid dienone is 1. The molecule has 0 atom stereocenters. The summed E-state index contributed by atoms with van der Waals surface area (Å²) >= 11 is 0. The number of aromatic hydroxyl groups is 2. The van der Waals surface area contributed by atoms with Crippen LogP contribution in [0.1, 0.15) is 67.2 Å². The molecule has 1 aromatic carbocycles. The molecule has 0 unspecified atom stereocenters. The van der Waals surface area contributed by atoms with Gasteiger partial charge in [0.05, 0.1) is 6.61 Å². The number of nitrogens with zero attached hydrogens (tertiary/aromatic N) is 1. The molecule has 2 N–H and O–H groups in total. The number of unbranched alkanes of at least 4 members (excludes halogenated alkanes) is 6. The predicted octanol–water partition coefficient (Wildman–Crippen LogP) is 4.98. The summed E-state index contributed by atoms with van der Waals surface area (Å²) in [5.74, 6) is 0.483. The molecule has 0 spiro atoms. The van der Waals surface area contributed by atoms with Crippen LogP contribution in [0.4, 0.5) is 0 Å². The van der Waals surface area contributed by atoms with Crippen LogP contribution in [0, 0.1) is 30.9 Å². The van der Waals surface area contributed by atoms with E-state index in [-0.39, 0.29) is 18.1 Å². The second kappa shape index (κ2) is 10.6. The van der Waals surface area contributed by atoms with Crippen LogP contribution in [0.3, 0.4) is 0 Å². The number of hydrogen-bond donors (Lipinski definition) is 2. The van der Waals surface area contributed by atoms with Gasteiger partial charge >= 0.3 is 0 Å². The molecular formula is C19H29NO5. The molecule has 0 amide bonds. The van der Waals surface area contributed by atoms with Gasteiger partial charge in [0.1, 0.15) is 11.5 Å². The first-order valence-electron chi connectivity index (χ1n) is 8.81. The van der Waals surface area contributed by atoms with Gasteiger partial charge < -0.3 is 15.1 Å². The first-order chi connectivity index (χ1) is 11.9. The number of benzene rings is 1. The third kappa shape index (κ3) is 6.64. The van der Waals surface area contributed by atoms with E-state index in [1.807, 2.05) is 19.1 Å². The summed E-state index contributed by atoms with van der Waals surface area (Å²) in [5.41, 5.74) is 2.82. The highest BCUT2D eigenvalue weighted by Crippen LogP contribution is 2.36. The van der Waals surface area contributed by atoms with Crippen molar-refractivity contribution in [1.82, 2.24) is 0 Å². The zero-order chi connectivity index (χ0) is 18.8. The van der Waals surface area contributed by atoms with Crippen molar-refractivity contribution in [2.24, 2.45) is 0 Å². The Labute approximate surface area is 149 Å². The second-order valence-electron chi connectivity index (χ2n) is 6.36. The Morgan fingerprint density at radius 1 is 0.920 bits per heavy atom. The summed E-state index contributed by atoms with van der Waals surface area (Å²) in [6.45, 7) is 5.59. The molecule has 0 radical (unpaired) electrons. The average Bonchev–Trinajstić information content (AvgIpc) is 2.58. The minimum atomic E-state index is -0.749. The van der Waals surface area contributed by atoms with Crippen molar-refractivity contribution in [2.45, 2.75) is 65.7 Å². The van der Waals surface area contributed by atoms with Crippen LogP contribution in [-0.4, -0.2) is 21.9 Å². The number of rotatable bonds is 11. The molecule has 1 aromatic rings. The summed E-state index contributed by atoms with van der Waals surface area (Å²) in [6, 6.07) is 0. The molecule has 1 rings (SSSR count). The van der Waals surface area contributed by atoms with Crippen molar-refractivity contribution >= 4 is 6.08 Å². The van der Waals surface area contributed by atoms with E-state index in [0.29, 0.717) is 16.7 Å². The highest BCUT2D eigenvalue weighted by molar-refractivity contribution is 5.68. The lowest BCUT2D eigenvalue weighted by molar-refractivity contribution is -0.757. The van der Waals surface area contributed by atoms with Crippen LogP contribution < -0.4 is 0 Å². The standard InChI is InChI=1S/C19H29NO5/c1-14-15(2)19(22)17(16(3)18(14)21)12-10-8-6-4-5-7-9-11-13-25-20(23)24/h10,12,21-22H,4-9,11,13H2,1-3H3. The molecule has 0 aliphatic carbocycles. The van der Waals surface area contributed by atoms with Crippen molar-refractivity contribution in [1.29, 1.82) is 0 Å². The van der Waals surface area contributed by atoms with Crippen LogP contribution >= 0.6 is 0 Å². The molecule has 0 saturated heterocycles. The van der Waals surface area contributed by atoms with Crippen LogP contribution in [0.15, 0.2) is 6.08 Å². The molecule has 6 nitrogen and oxygen atoms in total. The fraction of sp³-hybridized carbons (Fsp3) is 0.579. The largest absolute Gasteiger partial charge is 0.507 e. The summed E-state index contributed by atoms with van der Waals surface area (Å²) in [6.07, 6.45) is 10.8. The first kappa shape index (κ1) is 20.8. The molecule has 140 valence electrons. The Balaban J connectivity index is 2.28. The SMILES string of the molecule is Cc1c(C)c(O)c(C=CCCCCCCCCO[N+](=O)[O-])c(C)c1O. The van der Waals surface area contributed by atoms with Crippen molar-refractivity contribution in [3.8, 4) is 11.5 Å². The molecule has 0 bridgehead atoms. The molecule has 0 aromatic heterocycles. The maximum Gasteiger partial charge on any atom is 0.294 e. The second-order valence-corrected chi connectivity index (χ2v) is 6.36. The Morgan fingerprint density at radius 2 is 1.48 bits per heavy atom. The van der Waals surface area contributed by atoms with Gasteiger partial charge in [0, 0.05) is 11.1 Å². The smallest absolute Gasteiger partial charge is 0.294 e. The van der Waals surface area contributed by atoms with Gasteiger partial charge in [-0.25, -0.2) is 0 Å². The maximum atomic E-state index is 10.2. The topological polar surface area (TPSA) is 92.8 Å². The van der Waals surface area contributed by atoms with Gasteiger partial charge in [0.2, 0.25) is 0 Å². The molecule has 0 aliphatic rings. The molecule has 6 heteroatoms. The highest BCUT2D eigenvalue weighted by atomic mass is 16.9. The van der Waals surface area contributed by atoms with E-state index < -0.39 is 5.09 Å². The van der Waals surface area contributed by atoms with E-state index in [1.54, 1.807) is 13.8 Å². The van der Waals surface area contributed by atoms with E-state index in [1.165, 1.54) is 0 Å². The van der Waals surface area contributed by atoms with Crippen LogP contribution in [-0.2, 0) is 4.84 Å². The van der Waals surface area contributed by atoms with Crippen molar-refractivity contribution in [3.05, 3.63) is 38.4 Å². The normalized spacial score (nSPS) is 11.2. The number of phenols is 2. The van der Waals surface area contributed by atoms with E-state index in [2.05, 4.69) is 4.84 Å². The Morgan fingerprint density at radius 3 is 2.12 bits per heavy atom. The van der Waals surface area contributed by atoms with Gasteiger partial charge in [-0.15, -0.1) is 10.1 Å². The van der Waals surface area contributed by atoms with E-state index in [4.69, 9.17) is 0 Å². The zero-order valence-corrected chi connectivity index (χ0v) is 15.4. The van der Waals surface area contributed by atoms with Gasteiger partial charge in [-0.3, -0.25) is 0 Å². The highest BCUT2D eigenvalue weighted by Gasteiger charge is 2.14. The molecule has 0 aliphatic heterocycles. The summed E-state index contributed by atoms with van der Waals surface area (Å²) in [5, 5.41) is 29.6. The number of hydrogen-bond acceptors (Lipinski definition) is 5. The van der Waals surface area contributed by atoms with Gasteiger partial charge in [0.15, 0.2) is 0 Å². The first-order valence-corrected chi connectivity index (χ1v) is 8.81. The molecule has 0 fully saturated rings. The third-order valence-electron chi connectivity index (χ3n) is 4.53. The van der Waals surface area contributed by atoms with E-state index in [0.717, 1.165) is 50.5 Å². The van der Waals surface area contributed by atoms with Crippen molar-refractivity contribution in [2.75, 3.05) is 6.61 Å². The van der Waals surface area contributed by atoms with Gasteiger partial charge in [-0.2, -0.15) is 0 Å². The van der Waals surface area contributed by atoms with Crippen molar-refractivity contribution in [3.63, 3.8) is 0 Å². The van der Waals surface area contributed by atoms with E-state index in [9.17, 15) is 20.3 Å². The molecule has 0 heterocycles. The van der Waals surface area contributed by atoms with Crippen LogP contribution in [0.25, 0.3) is 6.08 Å². The molecular weight excluding hydrogens is 322 g/mol. The Kier molecular flexibility index (Phi) is 8.81. The van der Waals surface area contributed by atoms with Gasteiger partial charge in [-0.1, -0.05) is 37.8 Å². The minimum absolute atomic E-state index is 0.182. The van der Waals surface area contributed by atoms with E-state index >= 15 is 0 Å². The van der Waals surface area contributed by atoms with Gasteiger partial charge in [-0.05, 0) is 51.2 Å². The predicted molar refractivity (Wildman–Crippen MR) is 98.3 cm³/mol. The summed E-state index contributed by atoms with van der Waals surface area (Å²) < 4.78 is 0. The zero-order valence-electron chi connectivity index (χ0n) is 15.4. The number of phenolic OH excluding ortho intramolecular Hbond substituents is 2. The quantitative estimate of drug-likeness (QED) is 0.254. The maximum absolute atomic E-state index is 10.2. The monoisotopic (exact) mass is 351 g/mol. The average molecular weight is 351 g/mol. The Hall–Kier alpha value is -2.24. The minimum Gasteiger partial charge on any atom is -0.507 e. The van der Waals surface area contributed by atoms with Crippen molar-refractivity contribution < 1.29 is 20.1 Å². The molecule has 25 heavy (non-hydrogen) atoms. The lowest BCUT2D eigenvalue weighted by Crippen LogP contribution is -2.01. The fourth-order valence-corrected chi connectivity index (χ4v) is 2.76. The van der Waals surface area contributed by atoms with Crippen LogP contribution in [0.5, 0.6) is 11.5 Å².